The van der Waals surface area contributed by atoms with E-state index in [1.54, 1.807) is 21.9 Å². The molecule has 0 saturated carbocycles. The van der Waals surface area contributed by atoms with Crippen LogP contribution < -0.4 is 10.1 Å². The molecule has 0 aliphatic carbocycles. The lowest BCUT2D eigenvalue weighted by Crippen LogP contribution is -2.57. The van der Waals surface area contributed by atoms with Gasteiger partial charge in [0.25, 0.3) is 11.8 Å². The summed E-state index contributed by atoms with van der Waals surface area (Å²) in [5, 5.41) is 2.82. The fraction of sp³-hybridized carbons (Fsp3) is 0.444. The number of rotatable bonds is 8. The Kier molecular flexibility index (Phi) is 8.68. The normalized spacial score (nSPS) is 14.8. The zero-order valence-electron chi connectivity index (χ0n) is 20.5. The molecule has 34 heavy (non-hydrogen) atoms. The number of carbonyl (C=O) groups is 3. The van der Waals surface area contributed by atoms with Crippen molar-refractivity contribution in [2.45, 2.75) is 39.7 Å². The van der Waals surface area contributed by atoms with Gasteiger partial charge in [0.15, 0.2) is 6.61 Å². The van der Waals surface area contributed by atoms with Crippen LogP contribution in [-0.4, -0.2) is 66.3 Å². The molecule has 1 fully saturated rings. The molecule has 0 spiro atoms. The molecular formula is C27H35N3O4. The van der Waals surface area contributed by atoms with Crippen LogP contribution in [0.15, 0.2) is 54.6 Å². The molecule has 1 aliphatic rings. The second-order valence-corrected chi connectivity index (χ2v) is 9.29. The second-order valence-electron chi connectivity index (χ2n) is 9.29. The number of hydrogen-bond donors (Lipinski definition) is 1. The van der Waals surface area contributed by atoms with Gasteiger partial charge >= 0.3 is 0 Å². The first-order valence-electron chi connectivity index (χ1n) is 11.9. The third kappa shape index (κ3) is 6.59. The number of ether oxygens (including phenoxy) is 1. The third-order valence-corrected chi connectivity index (χ3v) is 6.07. The fourth-order valence-corrected chi connectivity index (χ4v) is 3.91. The minimum Gasteiger partial charge on any atom is -0.484 e. The number of nitrogens with one attached hydrogen (secondary N) is 1. The number of benzene rings is 2. The first-order valence-corrected chi connectivity index (χ1v) is 11.9. The molecule has 3 amide bonds. The third-order valence-electron chi connectivity index (χ3n) is 6.07. The van der Waals surface area contributed by atoms with Gasteiger partial charge in [0.05, 0.1) is 0 Å². The van der Waals surface area contributed by atoms with Gasteiger partial charge in [0.2, 0.25) is 5.91 Å². The Balaban J connectivity index is 1.52. The van der Waals surface area contributed by atoms with Gasteiger partial charge in [-0.05, 0) is 41.7 Å². The lowest BCUT2D eigenvalue weighted by Gasteiger charge is -2.37. The molecule has 1 unspecified atom stereocenters. The van der Waals surface area contributed by atoms with Gasteiger partial charge in [-0.3, -0.25) is 14.4 Å². The summed E-state index contributed by atoms with van der Waals surface area (Å²) in [5.41, 5.74) is 1.86. The Hall–Kier alpha value is -3.35. The van der Waals surface area contributed by atoms with Crippen LogP contribution in [0.3, 0.4) is 0 Å². The van der Waals surface area contributed by atoms with Crippen LogP contribution in [0.4, 0.5) is 0 Å². The zero-order valence-corrected chi connectivity index (χ0v) is 20.5. The monoisotopic (exact) mass is 465 g/mol. The molecule has 1 saturated heterocycles. The van der Waals surface area contributed by atoms with Crippen molar-refractivity contribution in [3.63, 3.8) is 0 Å². The van der Waals surface area contributed by atoms with Crippen LogP contribution in [0.5, 0.6) is 5.75 Å². The largest absolute Gasteiger partial charge is 0.484 e. The average Bonchev–Trinajstić information content (AvgIpc) is 2.85. The second kappa shape index (κ2) is 11.7. The van der Waals surface area contributed by atoms with E-state index in [1.165, 1.54) is 5.56 Å². The molecule has 7 nitrogen and oxygen atoms in total. The number of hydrogen-bond acceptors (Lipinski definition) is 4. The minimum atomic E-state index is -0.641. The van der Waals surface area contributed by atoms with E-state index in [4.69, 9.17) is 4.74 Å². The van der Waals surface area contributed by atoms with Crippen LogP contribution in [0.1, 0.15) is 49.5 Å². The maximum Gasteiger partial charge on any atom is 0.258 e. The first kappa shape index (κ1) is 25.3. The van der Waals surface area contributed by atoms with Crippen molar-refractivity contribution in [3.05, 3.63) is 65.7 Å². The molecule has 0 aromatic heterocycles. The van der Waals surface area contributed by atoms with E-state index in [1.807, 2.05) is 56.3 Å². The number of nitrogens with zero attached hydrogens (tertiary/aromatic N) is 2. The zero-order chi connectivity index (χ0) is 24.7. The van der Waals surface area contributed by atoms with E-state index in [0.717, 1.165) is 0 Å². The number of carbonyl (C=O) groups excluding carboxylic acids is 3. The van der Waals surface area contributed by atoms with Gasteiger partial charge in [0, 0.05) is 31.7 Å². The molecule has 0 bridgehead atoms. The van der Waals surface area contributed by atoms with Crippen molar-refractivity contribution in [3.8, 4) is 5.75 Å². The number of para-hydroxylation sites is 1. The van der Waals surface area contributed by atoms with Crippen molar-refractivity contribution in [2.24, 2.45) is 5.92 Å². The Morgan fingerprint density at radius 2 is 1.44 bits per heavy atom. The number of amides is 3. The van der Waals surface area contributed by atoms with E-state index in [0.29, 0.717) is 43.4 Å². The number of piperazine rings is 1. The quantitative estimate of drug-likeness (QED) is 0.649. The standard InChI is InChI=1S/C27H35N3O4/c1-19(2)21-10-12-22(13-11-21)26(32)29-14-16-30(17-15-29)27(33)25(20(3)4)28-24(31)18-34-23-8-6-5-7-9-23/h5-13,19-20,25H,14-18H2,1-4H3,(H,28,31). The van der Waals surface area contributed by atoms with Crippen molar-refractivity contribution in [1.29, 1.82) is 0 Å². The van der Waals surface area contributed by atoms with Gasteiger partial charge in [-0.15, -0.1) is 0 Å². The molecule has 7 heteroatoms. The summed E-state index contributed by atoms with van der Waals surface area (Å²) in [6.45, 7) is 9.70. The van der Waals surface area contributed by atoms with Crippen molar-refractivity contribution in [2.75, 3.05) is 32.8 Å². The molecule has 1 aliphatic heterocycles. The molecule has 2 aromatic rings. The highest BCUT2D eigenvalue weighted by Crippen LogP contribution is 2.17. The SMILES string of the molecule is CC(C)c1ccc(C(=O)N2CCN(C(=O)C(NC(=O)COc3ccccc3)C(C)C)CC2)cc1. The van der Waals surface area contributed by atoms with Crippen LogP contribution >= 0.6 is 0 Å². The topological polar surface area (TPSA) is 79.0 Å². The highest BCUT2D eigenvalue weighted by atomic mass is 16.5. The molecule has 1 heterocycles. The lowest BCUT2D eigenvalue weighted by molar-refractivity contribution is -0.139. The molecule has 2 aromatic carbocycles. The molecule has 1 atom stereocenters. The predicted octanol–water partition coefficient (Wildman–Crippen LogP) is 3.31. The minimum absolute atomic E-state index is 0.0193. The Labute approximate surface area is 202 Å². The maximum absolute atomic E-state index is 13.2. The van der Waals surface area contributed by atoms with E-state index in [9.17, 15) is 14.4 Å². The summed E-state index contributed by atoms with van der Waals surface area (Å²) in [6, 6.07) is 16.2. The predicted molar refractivity (Wildman–Crippen MR) is 132 cm³/mol. The molecule has 0 radical (unpaired) electrons. The highest BCUT2D eigenvalue weighted by molar-refractivity contribution is 5.94. The Morgan fingerprint density at radius 1 is 0.853 bits per heavy atom. The Morgan fingerprint density at radius 3 is 2.00 bits per heavy atom. The summed E-state index contributed by atoms with van der Waals surface area (Å²) < 4.78 is 5.50. The van der Waals surface area contributed by atoms with Crippen molar-refractivity contribution >= 4 is 17.7 Å². The van der Waals surface area contributed by atoms with Crippen molar-refractivity contribution in [1.82, 2.24) is 15.1 Å². The van der Waals surface area contributed by atoms with E-state index >= 15 is 0 Å². The molecule has 3 rings (SSSR count). The summed E-state index contributed by atoms with van der Waals surface area (Å²) in [6.07, 6.45) is 0. The smallest absolute Gasteiger partial charge is 0.258 e. The lowest BCUT2D eigenvalue weighted by atomic mass is 10.0. The van der Waals surface area contributed by atoms with Crippen molar-refractivity contribution < 1.29 is 19.1 Å². The van der Waals surface area contributed by atoms with Crippen LogP contribution in [0.2, 0.25) is 0 Å². The van der Waals surface area contributed by atoms with Crippen LogP contribution in [0, 0.1) is 5.92 Å². The molecule has 1 N–H and O–H groups in total. The summed E-state index contributed by atoms with van der Waals surface area (Å²) in [4.78, 5) is 42.0. The average molecular weight is 466 g/mol. The summed E-state index contributed by atoms with van der Waals surface area (Å²) >= 11 is 0. The van der Waals surface area contributed by atoms with Gasteiger partial charge in [-0.2, -0.15) is 0 Å². The maximum atomic E-state index is 13.2. The van der Waals surface area contributed by atoms with Gasteiger partial charge in [-0.25, -0.2) is 0 Å². The highest BCUT2D eigenvalue weighted by Gasteiger charge is 2.32. The van der Waals surface area contributed by atoms with Gasteiger partial charge in [0.1, 0.15) is 11.8 Å². The van der Waals surface area contributed by atoms with Gasteiger partial charge < -0.3 is 19.9 Å². The van der Waals surface area contributed by atoms with E-state index < -0.39 is 6.04 Å². The van der Waals surface area contributed by atoms with E-state index in [2.05, 4.69) is 19.2 Å². The molecular weight excluding hydrogens is 430 g/mol. The van der Waals surface area contributed by atoms with Crippen LogP contribution in [0.25, 0.3) is 0 Å². The summed E-state index contributed by atoms with van der Waals surface area (Å²) in [7, 11) is 0. The van der Waals surface area contributed by atoms with Crippen LogP contribution in [-0.2, 0) is 9.59 Å². The summed E-state index contributed by atoms with van der Waals surface area (Å²) in [5.74, 6) is 0.454. The Bertz CT molecular complexity index is 965. The first-order chi connectivity index (χ1) is 16.3. The fourth-order valence-electron chi connectivity index (χ4n) is 3.91. The van der Waals surface area contributed by atoms with Gasteiger partial charge in [-0.1, -0.05) is 58.0 Å². The van der Waals surface area contributed by atoms with E-state index in [-0.39, 0.29) is 30.2 Å². The molecule has 182 valence electrons.